The largest absolute Gasteiger partial charge is 0.481 e. The van der Waals surface area contributed by atoms with E-state index in [0.29, 0.717) is 6.42 Å². The number of benzene rings is 1. The van der Waals surface area contributed by atoms with Crippen molar-refractivity contribution in [3.63, 3.8) is 0 Å². The van der Waals surface area contributed by atoms with E-state index in [1.807, 2.05) is 26.0 Å². The fraction of sp³-hybridized carbons (Fsp3) is 0.429. The molecule has 104 valence electrons. The summed E-state index contributed by atoms with van der Waals surface area (Å²) >= 11 is 0. The van der Waals surface area contributed by atoms with Crippen molar-refractivity contribution in [2.75, 3.05) is 11.9 Å². The Morgan fingerprint density at radius 1 is 1.21 bits per heavy atom. The second-order valence-corrected chi connectivity index (χ2v) is 4.67. The molecule has 0 aliphatic rings. The molecule has 5 heteroatoms. The molecule has 0 heterocycles. The quantitative estimate of drug-likeness (QED) is 0.699. The van der Waals surface area contributed by atoms with Crippen molar-refractivity contribution in [3.05, 3.63) is 29.8 Å². The van der Waals surface area contributed by atoms with E-state index in [0.717, 1.165) is 11.3 Å². The Morgan fingerprint density at radius 3 is 2.37 bits per heavy atom. The minimum Gasteiger partial charge on any atom is -0.481 e. The van der Waals surface area contributed by atoms with Gasteiger partial charge in [-0.05, 0) is 24.1 Å². The van der Waals surface area contributed by atoms with Gasteiger partial charge in [0.15, 0.2) is 0 Å². The standard InChI is InChI=1S/C14H20N2O3/c1-10(2)15-9-13(17)16-12-6-3-11(4-7-12)5-8-14(18)19/h3-4,6-7,10,15H,5,8-9H2,1-2H3,(H,16,17)(H,18,19). The maximum atomic E-state index is 11.6. The fourth-order valence-electron chi connectivity index (χ4n) is 1.51. The molecule has 0 aliphatic carbocycles. The Labute approximate surface area is 113 Å². The van der Waals surface area contributed by atoms with E-state index >= 15 is 0 Å². The van der Waals surface area contributed by atoms with Gasteiger partial charge in [-0.1, -0.05) is 26.0 Å². The molecule has 0 aliphatic heterocycles. The molecule has 1 aromatic carbocycles. The molecule has 1 aromatic rings. The highest BCUT2D eigenvalue weighted by Crippen LogP contribution is 2.10. The van der Waals surface area contributed by atoms with Crippen LogP contribution < -0.4 is 10.6 Å². The zero-order valence-corrected chi connectivity index (χ0v) is 11.3. The van der Waals surface area contributed by atoms with Crippen molar-refractivity contribution in [3.8, 4) is 0 Å². The Morgan fingerprint density at radius 2 is 1.84 bits per heavy atom. The predicted octanol–water partition coefficient (Wildman–Crippen LogP) is 1.64. The van der Waals surface area contributed by atoms with Gasteiger partial charge in [-0.25, -0.2) is 0 Å². The lowest BCUT2D eigenvalue weighted by molar-refractivity contribution is -0.137. The van der Waals surface area contributed by atoms with E-state index in [4.69, 9.17) is 5.11 Å². The highest BCUT2D eigenvalue weighted by molar-refractivity contribution is 5.92. The SMILES string of the molecule is CC(C)NCC(=O)Nc1ccc(CCC(=O)O)cc1. The van der Waals surface area contributed by atoms with Gasteiger partial charge in [-0.15, -0.1) is 0 Å². The molecule has 0 unspecified atom stereocenters. The Balaban J connectivity index is 2.43. The zero-order valence-electron chi connectivity index (χ0n) is 11.3. The molecule has 0 radical (unpaired) electrons. The van der Waals surface area contributed by atoms with Gasteiger partial charge in [-0.3, -0.25) is 9.59 Å². The predicted molar refractivity (Wildman–Crippen MR) is 74.2 cm³/mol. The highest BCUT2D eigenvalue weighted by atomic mass is 16.4. The Kier molecular flexibility index (Phi) is 6.02. The summed E-state index contributed by atoms with van der Waals surface area (Å²) in [5.41, 5.74) is 1.66. The number of aliphatic carboxylic acids is 1. The summed E-state index contributed by atoms with van der Waals surface area (Å²) in [6, 6.07) is 7.49. The van der Waals surface area contributed by atoms with Crippen LogP contribution >= 0.6 is 0 Å². The molecule has 0 saturated heterocycles. The first kappa shape index (κ1) is 15.2. The summed E-state index contributed by atoms with van der Waals surface area (Å²) in [6.45, 7) is 4.23. The second-order valence-electron chi connectivity index (χ2n) is 4.67. The Hall–Kier alpha value is -1.88. The number of amides is 1. The monoisotopic (exact) mass is 264 g/mol. The fourth-order valence-corrected chi connectivity index (χ4v) is 1.51. The number of carboxylic acids is 1. The maximum Gasteiger partial charge on any atom is 0.303 e. The molecule has 0 spiro atoms. The molecule has 19 heavy (non-hydrogen) atoms. The molecule has 5 nitrogen and oxygen atoms in total. The summed E-state index contributed by atoms with van der Waals surface area (Å²) in [6.07, 6.45) is 0.614. The van der Waals surface area contributed by atoms with Crippen molar-refractivity contribution >= 4 is 17.6 Å². The first-order valence-electron chi connectivity index (χ1n) is 6.31. The lowest BCUT2D eigenvalue weighted by atomic mass is 10.1. The summed E-state index contributed by atoms with van der Waals surface area (Å²) < 4.78 is 0. The number of rotatable bonds is 7. The smallest absolute Gasteiger partial charge is 0.303 e. The van der Waals surface area contributed by atoms with Gasteiger partial charge in [0.05, 0.1) is 6.54 Å². The van der Waals surface area contributed by atoms with E-state index in [1.54, 1.807) is 12.1 Å². The average molecular weight is 264 g/mol. The van der Waals surface area contributed by atoms with Gasteiger partial charge >= 0.3 is 5.97 Å². The lowest BCUT2D eigenvalue weighted by Crippen LogP contribution is -2.32. The van der Waals surface area contributed by atoms with E-state index in [1.165, 1.54) is 0 Å². The van der Waals surface area contributed by atoms with Crippen molar-refractivity contribution in [1.29, 1.82) is 0 Å². The molecule has 0 bridgehead atoms. The van der Waals surface area contributed by atoms with Crippen LogP contribution in [0.15, 0.2) is 24.3 Å². The minimum absolute atomic E-state index is 0.0908. The first-order valence-corrected chi connectivity index (χ1v) is 6.31. The van der Waals surface area contributed by atoms with Crippen LogP contribution in [0.2, 0.25) is 0 Å². The number of carbonyl (C=O) groups excluding carboxylic acids is 1. The third-order valence-corrected chi connectivity index (χ3v) is 2.54. The van der Waals surface area contributed by atoms with Crippen molar-refractivity contribution in [2.45, 2.75) is 32.7 Å². The number of hydrogen-bond acceptors (Lipinski definition) is 3. The summed E-state index contributed by atoms with van der Waals surface area (Å²) in [5.74, 6) is -0.899. The molecule has 0 aromatic heterocycles. The lowest BCUT2D eigenvalue weighted by Gasteiger charge is -2.09. The van der Waals surface area contributed by atoms with Gasteiger partial charge in [0.25, 0.3) is 0 Å². The van der Waals surface area contributed by atoms with Crippen LogP contribution in [0.25, 0.3) is 0 Å². The van der Waals surface area contributed by atoms with E-state index in [-0.39, 0.29) is 24.9 Å². The maximum absolute atomic E-state index is 11.6. The van der Waals surface area contributed by atoms with E-state index in [9.17, 15) is 9.59 Å². The van der Waals surface area contributed by atoms with Crippen LogP contribution in [0.5, 0.6) is 0 Å². The topological polar surface area (TPSA) is 78.4 Å². The third-order valence-electron chi connectivity index (χ3n) is 2.54. The van der Waals surface area contributed by atoms with E-state index < -0.39 is 5.97 Å². The molecule has 0 fully saturated rings. The molecule has 1 rings (SSSR count). The van der Waals surface area contributed by atoms with Gasteiger partial charge in [0.2, 0.25) is 5.91 Å². The number of nitrogens with one attached hydrogen (secondary N) is 2. The number of carboxylic acid groups (broad SMARTS) is 1. The summed E-state index contributed by atoms with van der Waals surface area (Å²) in [7, 11) is 0. The van der Waals surface area contributed by atoms with Crippen LogP contribution in [0.4, 0.5) is 5.69 Å². The average Bonchev–Trinajstić information content (AvgIpc) is 2.35. The zero-order chi connectivity index (χ0) is 14.3. The number of aryl methyl sites for hydroxylation is 1. The second kappa shape index (κ2) is 7.53. The molecule has 1 amide bonds. The van der Waals surface area contributed by atoms with Crippen LogP contribution in [0, 0.1) is 0 Å². The van der Waals surface area contributed by atoms with Crippen LogP contribution in [0.3, 0.4) is 0 Å². The van der Waals surface area contributed by atoms with Crippen LogP contribution in [-0.2, 0) is 16.0 Å². The van der Waals surface area contributed by atoms with Gasteiger partial charge in [0, 0.05) is 18.2 Å². The molecule has 3 N–H and O–H groups in total. The van der Waals surface area contributed by atoms with Crippen molar-refractivity contribution < 1.29 is 14.7 Å². The van der Waals surface area contributed by atoms with Gasteiger partial charge in [-0.2, -0.15) is 0 Å². The van der Waals surface area contributed by atoms with Crippen LogP contribution in [-0.4, -0.2) is 29.6 Å². The van der Waals surface area contributed by atoms with E-state index in [2.05, 4.69) is 10.6 Å². The minimum atomic E-state index is -0.808. The number of hydrogen-bond donors (Lipinski definition) is 3. The highest BCUT2D eigenvalue weighted by Gasteiger charge is 2.04. The number of anilines is 1. The summed E-state index contributed by atoms with van der Waals surface area (Å²) in [5, 5.41) is 14.4. The molecule has 0 atom stereocenters. The summed E-state index contributed by atoms with van der Waals surface area (Å²) in [4.78, 5) is 22.0. The third kappa shape index (κ3) is 6.57. The molecule has 0 saturated carbocycles. The normalized spacial score (nSPS) is 10.5. The van der Waals surface area contributed by atoms with Crippen molar-refractivity contribution in [1.82, 2.24) is 5.32 Å². The van der Waals surface area contributed by atoms with Gasteiger partial charge < -0.3 is 15.7 Å². The molecular formula is C14H20N2O3. The molecular weight excluding hydrogens is 244 g/mol. The van der Waals surface area contributed by atoms with Gasteiger partial charge in [0.1, 0.15) is 0 Å². The van der Waals surface area contributed by atoms with Crippen molar-refractivity contribution in [2.24, 2.45) is 0 Å². The number of carbonyl (C=O) groups is 2. The first-order chi connectivity index (χ1) is 8.97. The van der Waals surface area contributed by atoms with Crippen LogP contribution in [0.1, 0.15) is 25.8 Å². The Bertz CT molecular complexity index is 427.